The molecule has 3 nitrogen and oxygen atoms in total. The smallest absolute Gasteiger partial charge is 0.327 e. The minimum absolute atomic E-state index is 0.0713. The molecule has 1 atom stereocenters. The Morgan fingerprint density at radius 3 is 2.47 bits per heavy atom. The van der Waals surface area contributed by atoms with E-state index in [4.69, 9.17) is 17.3 Å². The molecule has 0 saturated carbocycles. The lowest BCUT2D eigenvalue weighted by atomic mass is 10.1. The van der Waals surface area contributed by atoms with Gasteiger partial charge in [-0.25, -0.2) is 0 Å². The highest BCUT2D eigenvalue weighted by Crippen LogP contribution is 2.25. The molecular weight excluding hydrogens is 255 g/mol. The number of aryl methyl sites for hydroxylation is 2. The van der Waals surface area contributed by atoms with Gasteiger partial charge in [-0.15, -0.1) is 0 Å². The molecule has 0 spiro atoms. The van der Waals surface area contributed by atoms with Gasteiger partial charge in [0, 0.05) is 19.5 Å². The Labute approximate surface area is 103 Å². The van der Waals surface area contributed by atoms with Crippen LogP contribution in [0.25, 0.3) is 0 Å². The van der Waals surface area contributed by atoms with Crippen LogP contribution in [0.4, 0.5) is 13.2 Å². The largest absolute Gasteiger partial charge is 0.390 e. The van der Waals surface area contributed by atoms with E-state index in [9.17, 15) is 13.2 Å². The van der Waals surface area contributed by atoms with Crippen LogP contribution in [0.2, 0.25) is 5.02 Å². The molecular formula is C10H15ClF3N3. The third kappa shape index (κ3) is 3.89. The first kappa shape index (κ1) is 14.3. The van der Waals surface area contributed by atoms with Gasteiger partial charge in [0.25, 0.3) is 0 Å². The lowest BCUT2D eigenvalue weighted by Crippen LogP contribution is -2.30. The van der Waals surface area contributed by atoms with Gasteiger partial charge >= 0.3 is 6.18 Å². The fraction of sp³-hybridized carbons (Fsp3) is 0.700. The summed E-state index contributed by atoms with van der Waals surface area (Å²) in [5.74, 6) is 0. The monoisotopic (exact) mass is 269 g/mol. The highest BCUT2D eigenvalue weighted by atomic mass is 35.5. The molecule has 0 aliphatic heterocycles. The minimum Gasteiger partial charge on any atom is -0.327 e. The molecule has 0 aliphatic carbocycles. The zero-order chi connectivity index (χ0) is 13.2. The molecule has 0 aromatic carbocycles. The standard InChI is InChI=1S/C10H15ClF3N3/c1-3-7-9(11)8(17(2)16-7)4-6(15)5-10(12,13)14/h6H,3-5,15H2,1-2H3. The van der Waals surface area contributed by atoms with Crippen LogP contribution in [0.3, 0.4) is 0 Å². The number of rotatable bonds is 4. The summed E-state index contributed by atoms with van der Waals surface area (Å²) in [5.41, 5.74) is 6.70. The second kappa shape index (κ2) is 5.27. The average Bonchev–Trinajstić information content (AvgIpc) is 2.42. The van der Waals surface area contributed by atoms with Crippen molar-refractivity contribution in [2.24, 2.45) is 12.8 Å². The average molecular weight is 270 g/mol. The van der Waals surface area contributed by atoms with Crippen LogP contribution in [0.1, 0.15) is 24.7 Å². The Balaban J connectivity index is 2.78. The molecule has 0 amide bonds. The number of nitrogens with two attached hydrogens (primary N) is 1. The van der Waals surface area contributed by atoms with Gasteiger partial charge in [-0.05, 0) is 6.42 Å². The zero-order valence-electron chi connectivity index (χ0n) is 9.68. The predicted octanol–water partition coefficient (Wildman–Crippen LogP) is 2.46. The van der Waals surface area contributed by atoms with Crippen molar-refractivity contribution in [3.8, 4) is 0 Å². The Morgan fingerprint density at radius 1 is 1.47 bits per heavy atom. The fourth-order valence-corrected chi connectivity index (χ4v) is 2.03. The molecule has 98 valence electrons. The van der Waals surface area contributed by atoms with E-state index in [1.807, 2.05) is 6.92 Å². The molecule has 1 aromatic heterocycles. The Morgan fingerprint density at radius 2 is 2.06 bits per heavy atom. The highest BCUT2D eigenvalue weighted by Gasteiger charge is 2.31. The van der Waals surface area contributed by atoms with Gasteiger partial charge in [0.2, 0.25) is 0 Å². The van der Waals surface area contributed by atoms with E-state index in [0.717, 1.165) is 0 Å². The lowest BCUT2D eigenvalue weighted by Gasteiger charge is -2.14. The SMILES string of the molecule is CCc1nn(C)c(CC(N)CC(F)(F)F)c1Cl. The van der Waals surface area contributed by atoms with Crippen LogP contribution in [-0.2, 0) is 19.9 Å². The number of alkyl halides is 3. The quantitative estimate of drug-likeness (QED) is 0.912. The molecule has 17 heavy (non-hydrogen) atoms. The van der Waals surface area contributed by atoms with Crippen molar-refractivity contribution in [1.82, 2.24) is 9.78 Å². The van der Waals surface area contributed by atoms with E-state index >= 15 is 0 Å². The van der Waals surface area contributed by atoms with Crippen molar-refractivity contribution in [3.05, 3.63) is 16.4 Å². The van der Waals surface area contributed by atoms with Gasteiger partial charge in [0.15, 0.2) is 0 Å². The minimum atomic E-state index is -4.25. The highest BCUT2D eigenvalue weighted by molar-refractivity contribution is 6.31. The summed E-state index contributed by atoms with van der Waals surface area (Å²) >= 11 is 6.02. The normalized spacial score (nSPS) is 14.1. The first-order valence-electron chi connectivity index (χ1n) is 5.27. The van der Waals surface area contributed by atoms with Gasteiger partial charge in [-0.2, -0.15) is 18.3 Å². The van der Waals surface area contributed by atoms with Crippen LogP contribution >= 0.6 is 11.6 Å². The zero-order valence-corrected chi connectivity index (χ0v) is 10.4. The summed E-state index contributed by atoms with van der Waals surface area (Å²) < 4.78 is 37.9. The summed E-state index contributed by atoms with van der Waals surface area (Å²) in [5, 5.41) is 4.55. The number of aromatic nitrogens is 2. The first-order valence-corrected chi connectivity index (χ1v) is 5.65. The van der Waals surface area contributed by atoms with E-state index in [-0.39, 0.29) is 6.42 Å². The molecule has 0 aliphatic rings. The van der Waals surface area contributed by atoms with Crippen molar-refractivity contribution >= 4 is 11.6 Å². The summed E-state index contributed by atoms with van der Waals surface area (Å²) in [6.45, 7) is 1.88. The first-order chi connectivity index (χ1) is 7.74. The second-order valence-electron chi connectivity index (χ2n) is 3.97. The van der Waals surface area contributed by atoms with E-state index in [1.165, 1.54) is 4.68 Å². The topological polar surface area (TPSA) is 43.8 Å². The molecule has 0 fully saturated rings. The van der Waals surface area contributed by atoms with Gasteiger partial charge < -0.3 is 5.73 Å². The van der Waals surface area contributed by atoms with Crippen molar-refractivity contribution in [2.45, 2.75) is 38.4 Å². The predicted molar refractivity (Wildman–Crippen MR) is 59.9 cm³/mol. The maximum Gasteiger partial charge on any atom is 0.390 e. The van der Waals surface area contributed by atoms with Gasteiger partial charge in [-0.1, -0.05) is 18.5 Å². The van der Waals surface area contributed by atoms with Gasteiger partial charge in [0.1, 0.15) is 0 Å². The number of hydrogen-bond donors (Lipinski definition) is 1. The van der Waals surface area contributed by atoms with Crippen molar-refractivity contribution in [1.29, 1.82) is 0 Å². The molecule has 1 unspecified atom stereocenters. The van der Waals surface area contributed by atoms with Crippen molar-refractivity contribution < 1.29 is 13.2 Å². The van der Waals surface area contributed by atoms with E-state index < -0.39 is 18.6 Å². The van der Waals surface area contributed by atoms with Gasteiger partial charge in [0.05, 0.1) is 22.8 Å². The van der Waals surface area contributed by atoms with Crippen LogP contribution in [-0.4, -0.2) is 22.0 Å². The maximum atomic E-state index is 12.1. The maximum absolute atomic E-state index is 12.1. The number of nitrogens with zero attached hydrogens (tertiary/aromatic N) is 2. The van der Waals surface area contributed by atoms with Crippen LogP contribution in [0.5, 0.6) is 0 Å². The summed E-state index contributed by atoms with van der Waals surface area (Å²) in [4.78, 5) is 0. The molecule has 1 heterocycles. The van der Waals surface area contributed by atoms with Crippen LogP contribution in [0, 0.1) is 0 Å². The lowest BCUT2D eigenvalue weighted by molar-refractivity contribution is -0.138. The summed E-state index contributed by atoms with van der Waals surface area (Å²) in [6.07, 6.45) is -4.56. The van der Waals surface area contributed by atoms with E-state index in [0.29, 0.717) is 22.8 Å². The molecule has 1 rings (SSSR count). The Bertz CT molecular complexity index is 387. The summed E-state index contributed by atoms with van der Waals surface area (Å²) in [7, 11) is 1.65. The van der Waals surface area contributed by atoms with Gasteiger partial charge in [-0.3, -0.25) is 4.68 Å². The van der Waals surface area contributed by atoms with E-state index in [2.05, 4.69) is 5.10 Å². The molecule has 0 bridgehead atoms. The van der Waals surface area contributed by atoms with Crippen molar-refractivity contribution in [3.63, 3.8) is 0 Å². The van der Waals surface area contributed by atoms with Crippen molar-refractivity contribution in [2.75, 3.05) is 0 Å². The Kier molecular flexibility index (Phi) is 4.43. The Hall–Kier alpha value is -0.750. The summed E-state index contributed by atoms with van der Waals surface area (Å²) in [6, 6.07) is -0.993. The molecule has 2 N–H and O–H groups in total. The molecule has 0 saturated heterocycles. The third-order valence-electron chi connectivity index (χ3n) is 2.45. The molecule has 0 radical (unpaired) electrons. The molecule has 7 heteroatoms. The van der Waals surface area contributed by atoms with E-state index in [1.54, 1.807) is 7.05 Å². The fourth-order valence-electron chi connectivity index (χ4n) is 1.66. The number of hydrogen-bond acceptors (Lipinski definition) is 2. The van der Waals surface area contributed by atoms with Crippen LogP contribution < -0.4 is 5.73 Å². The van der Waals surface area contributed by atoms with Crippen LogP contribution in [0.15, 0.2) is 0 Å². The number of halogens is 4. The molecule has 1 aromatic rings. The third-order valence-corrected chi connectivity index (χ3v) is 2.89. The second-order valence-corrected chi connectivity index (χ2v) is 4.35.